The summed E-state index contributed by atoms with van der Waals surface area (Å²) in [5, 5.41) is 10.8. The van der Waals surface area contributed by atoms with E-state index in [4.69, 9.17) is 4.74 Å². The van der Waals surface area contributed by atoms with Gasteiger partial charge in [0.1, 0.15) is 0 Å². The van der Waals surface area contributed by atoms with E-state index < -0.39 is 9.84 Å². The van der Waals surface area contributed by atoms with Crippen molar-refractivity contribution in [2.75, 3.05) is 43.2 Å². The van der Waals surface area contributed by atoms with Crippen molar-refractivity contribution in [1.82, 2.24) is 15.5 Å². The summed E-state index contributed by atoms with van der Waals surface area (Å²) < 4.78 is 28.2. The Kier molecular flexibility index (Phi) is 6.50. The summed E-state index contributed by atoms with van der Waals surface area (Å²) in [4.78, 5) is 13.9. The second-order valence-electron chi connectivity index (χ2n) is 5.72. The predicted molar refractivity (Wildman–Crippen MR) is 90.9 cm³/mol. The lowest BCUT2D eigenvalue weighted by Crippen LogP contribution is -2.37. The minimum atomic E-state index is -2.96. The molecule has 0 spiro atoms. The Labute approximate surface area is 142 Å². The van der Waals surface area contributed by atoms with Crippen LogP contribution in [0, 0.1) is 0 Å². The molecule has 1 amide bonds. The Morgan fingerprint density at radius 3 is 2.75 bits per heavy atom. The largest absolute Gasteiger partial charge is 0.385 e. The maximum absolute atomic E-state index is 12.0. The quantitative estimate of drug-likeness (QED) is 0.667. The van der Waals surface area contributed by atoms with Gasteiger partial charge in [-0.05, 0) is 31.9 Å². The van der Waals surface area contributed by atoms with Crippen LogP contribution in [-0.4, -0.2) is 68.9 Å². The first-order valence-corrected chi connectivity index (χ1v) is 9.87. The molecule has 8 nitrogen and oxygen atoms in total. The molecule has 1 aromatic rings. The van der Waals surface area contributed by atoms with Gasteiger partial charge in [0.2, 0.25) is 0 Å². The third-order valence-corrected chi connectivity index (χ3v) is 5.73. The van der Waals surface area contributed by atoms with Gasteiger partial charge in [-0.2, -0.15) is 0 Å². The second kappa shape index (κ2) is 8.39. The molecule has 2 rings (SSSR count). The topological polar surface area (TPSA) is 101 Å². The lowest BCUT2D eigenvalue weighted by molar-refractivity contribution is 0.0942. The van der Waals surface area contributed by atoms with E-state index in [1.54, 1.807) is 19.2 Å². The normalized spacial score (nSPS) is 19.2. The minimum absolute atomic E-state index is 0.0805. The summed E-state index contributed by atoms with van der Waals surface area (Å²) in [6.45, 7) is 3.68. The summed E-state index contributed by atoms with van der Waals surface area (Å²) in [7, 11) is -1.35. The molecule has 134 valence electrons. The second-order valence-corrected chi connectivity index (χ2v) is 7.95. The first-order chi connectivity index (χ1) is 11.5. The van der Waals surface area contributed by atoms with Crippen LogP contribution in [0.25, 0.3) is 0 Å². The van der Waals surface area contributed by atoms with Gasteiger partial charge in [0.05, 0.1) is 11.5 Å². The van der Waals surface area contributed by atoms with E-state index in [1.807, 2.05) is 11.8 Å². The molecule has 1 atom stereocenters. The number of amides is 1. The number of hydrogen-bond acceptors (Lipinski definition) is 7. The van der Waals surface area contributed by atoms with Crippen molar-refractivity contribution in [1.29, 1.82) is 0 Å². The average Bonchev–Trinajstić information content (AvgIpc) is 2.92. The predicted octanol–water partition coefficient (Wildman–Crippen LogP) is 0.256. The lowest BCUT2D eigenvalue weighted by atomic mass is 10.2. The van der Waals surface area contributed by atoms with E-state index in [-0.39, 0.29) is 29.1 Å². The highest BCUT2D eigenvalue weighted by atomic mass is 32.2. The summed E-state index contributed by atoms with van der Waals surface area (Å²) in [6.07, 6.45) is 1.33. The average molecular weight is 356 g/mol. The van der Waals surface area contributed by atoms with Crippen LogP contribution in [0.3, 0.4) is 0 Å². The molecule has 9 heteroatoms. The van der Waals surface area contributed by atoms with E-state index in [0.717, 1.165) is 6.42 Å². The molecule has 0 aromatic carbocycles. The smallest absolute Gasteiger partial charge is 0.271 e. The first kappa shape index (κ1) is 18.6. The Balaban J connectivity index is 1.98. The van der Waals surface area contributed by atoms with Crippen LogP contribution < -0.4 is 10.2 Å². The number of hydrogen-bond donors (Lipinski definition) is 1. The Morgan fingerprint density at radius 2 is 2.21 bits per heavy atom. The summed E-state index contributed by atoms with van der Waals surface area (Å²) in [5.74, 6) is 0.667. The molecule has 2 heterocycles. The monoisotopic (exact) mass is 356 g/mol. The number of rotatable bonds is 8. The third kappa shape index (κ3) is 4.88. The van der Waals surface area contributed by atoms with Gasteiger partial charge in [0.25, 0.3) is 5.91 Å². The highest BCUT2D eigenvalue weighted by Crippen LogP contribution is 2.22. The van der Waals surface area contributed by atoms with Crippen LogP contribution in [-0.2, 0) is 14.6 Å². The summed E-state index contributed by atoms with van der Waals surface area (Å²) in [5.41, 5.74) is 0.242. The minimum Gasteiger partial charge on any atom is -0.385 e. The van der Waals surface area contributed by atoms with Crippen molar-refractivity contribution in [3.63, 3.8) is 0 Å². The van der Waals surface area contributed by atoms with E-state index in [1.165, 1.54) is 0 Å². The number of ether oxygens (including phenoxy) is 1. The number of methoxy groups -OCH3 is 1. The van der Waals surface area contributed by atoms with Gasteiger partial charge < -0.3 is 15.0 Å². The van der Waals surface area contributed by atoms with Crippen molar-refractivity contribution >= 4 is 21.6 Å². The zero-order chi connectivity index (χ0) is 17.6. The van der Waals surface area contributed by atoms with Crippen molar-refractivity contribution in [2.24, 2.45) is 0 Å². The fourth-order valence-corrected chi connectivity index (χ4v) is 4.47. The van der Waals surface area contributed by atoms with Crippen molar-refractivity contribution < 1.29 is 17.9 Å². The van der Waals surface area contributed by atoms with Gasteiger partial charge in [-0.1, -0.05) is 0 Å². The molecular weight excluding hydrogens is 332 g/mol. The fourth-order valence-electron chi connectivity index (χ4n) is 2.74. The van der Waals surface area contributed by atoms with Crippen molar-refractivity contribution in [3.8, 4) is 0 Å². The molecule has 0 radical (unpaired) electrons. The van der Waals surface area contributed by atoms with Gasteiger partial charge in [0.15, 0.2) is 21.3 Å². The number of carbonyl (C=O) groups excluding carboxylic acids is 1. The molecule has 0 bridgehead atoms. The van der Waals surface area contributed by atoms with Crippen LogP contribution in [0.1, 0.15) is 30.3 Å². The van der Waals surface area contributed by atoms with E-state index in [9.17, 15) is 13.2 Å². The fraction of sp³-hybridized carbons (Fsp3) is 0.667. The zero-order valence-electron chi connectivity index (χ0n) is 14.1. The van der Waals surface area contributed by atoms with Crippen molar-refractivity contribution in [3.05, 3.63) is 17.8 Å². The number of sulfone groups is 1. The molecule has 1 fully saturated rings. The van der Waals surface area contributed by atoms with Gasteiger partial charge in [-0.15, -0.1) is 10.2 Å². The van der Waals surface area contributed by atoms with E-state index in [0.29, 0.717) is 31.9 Å². The first-order valence-electron chi connectivity index (χ1n) is 8.04. The lowest BCUT2D eigenvalue weighted by Gasteiger charge is -2.27. The molecule has 0 aliphatic carbocycles. The standard InChI is InChI=1S/C15H24N4O4S/c1-3-19(12-7-10-24(21,22)11-12)14-6-5-13(17-18-14)15(20)16-8-4-9-23-2/h5-6,12H,3-4,7-11H2,1-2H3,(H,16,20). The molecule has 1 aliphatic heterocycles. The third-order valence-electron chi connectivity index (χ3n) is 3.98. The van der Waals surface area contributed by atoms with E-state index >= 15 is 0 Å². The van der Waals surface area contributed by atoms with Gasteiger partial charge >= 0.3 is 0 Å². The van der Waals surface area contributed by atoms with Crippen LogP contribution in [0.15, 0.2) is 12.1 Å². The Hall–Kier alpha value is -1.74. The van der Waals surface area contributed by atoms with Crippen LogP contribution in [0.5, 0.6) is 0 Å². The zero-order valence-corrected chi connectivity index (χ0v) is 14.9. The maximum Gasteiger partial charge on any atom is 0.271 e. The number of nitrogens with one attached hydrogen (secondary N) is 1. The van der Waals surface area contributed by atoms with Gasteiger partial charge in [-0.25, -0.2) is 8.42 Å². The van der Waals surface area contributed by atoms with Crippen LogP contribution in [0.2, 0.25) is 0 Å². The number of anilines is 1. The molecular formula is C15H24N4O4S. The summed E-state index contributed by atoms with van der Waals surface area (Å²) in [6, 6.07) is 3.24. The summed E-state index contributed by atoms with van der Waals surface area (Å²) >= 11 is 0. The highest BCUT2D eigenvalue weighted by molar-refractivity contribution is 7.91. The molecule has 1 saturated heterocycles. The number of aromatic nitrogens is 2. The highest BCUT2D eigenvalue weighted by Gasteiger charge is 2.32. The van der Waals surface area contributed by atoms with Crippen LogP contribution >= 0.6 is 0 Å². The maximum atomic E-state index is 12.0. The molecule has 1 unspecified atom stereocenters. The van der Waals surface area contributed by atoms with E-state index in [2.05, 4.69) is 15.5 Å². The molecule has 1 aromatic heterocycles. The molecule has 1 aliphatic rings. The van der Waals surface area contributed by atoms with Gasteiger partial charge in [0, 0.05) is 32.8 Å². The Bertz CT molecular complexity index is 648. The molecule has 0 saturated carbocycles. The van der Waals surface area contributed by atoms with Gasteiger partial charge in [-0.3, -0.25) is 4.79 Å². The number of nitrogens with zero attached hydrogens (tertiary/aromatic N) is 3. The van der Waals surface area contributed by atoms with Crippen LogP contribution in [0.4, 0.5) is 5.82 Å². The number of carbonyl (C=O) groups is 1. The Morgan fingerprint density at radius 1 is 1.42 bits per heavy atom. The molecule has 1 N–H and O–H groups in total. The SMILES string of the molecule is CCN(c1ccc(C(=O)NCCCOC)nn1)C1CCS(=O)(=O)C1. The van der Waals surface area contributed by atoms with Crippen molar-refractivity contribution in [2.45, 2.75) is 25.8 Å². The molecule has 24 heavy (non-hydrogen) atoms.